The highest BCUT2D eigenvalue weighted by atomic mass is 79.9. The Bertz CT molecular complexity index is 511. The summed E-state index contributed by atoms with van der Waals surface area (Å²) in [6.07, 6.45) is -5.28. The van der Waals surface area contributed by atoms with Crippen LogP contribution in [-0.4, -0.2) is 29.0 Å². The van der Waals surface area contributed by atoms with E-state index >= 15 is 0 Å². The van der Waals surface area contributed by atoms with E-state index in [1.54, 1.807) is 0 Å². The fourth-order valence-electron chi connectivity index (χ4n) is 1.94. The molecule has 0 aliphatic heterocycles. The Morgan fingerprint density at radius 3 is 2.09 bits per heavy atom. The van der Waals surface area contributed by atoms with Crippen molar-refractivity contribution in [1.82, 2.24) is 5.32 Å². The van der Waals surface area contributed by atoms with Gasteiger partial charge < -0.3 is 5.11 Å². The number of hydrogen-bond acceptors (Lipinski definition) is 2. The van der Waals surface area contributed by atoms with Gasteiger partial charge in [0.1, 0.15) is 17.8 Å². The van der Waals surface area contributed by atoms with E-state index in [0.29, 0.717) is 4.47 Å². The molecule has 8 heteroatoms. The maximum Gasteiger partial charge on any atom is 0.407 e. The van der Waals surface area contributed by atoms with Crippen LogP contribution in [-0.2, 0) is 4.79 Å². The van der Waals surface area contributed by atoms with Gasteiger partial charge in [-0.2, -0.15) is 13.2 Å². The summed E-state index contributed by atoms with van der Waals surface area (Å²) in [7, 11) is 0. The molecular weight excluding hydrogens is 370 g/mol. The molecule has 1 rings (SSSR count). The van der Waals surface area contributed by atoms with E-state index in [4.69, 9.17) is 5.11 Å². The number of carbonyl (C=O) groups is 1. The summed E-state index contributed by atoms with van der Waals surface area (Å²) in [6, 6.07) is 1.46. The van der Waals surface area contributed by atoms with Gasteiger partial charge in [0.15, 0.2) is 0 Å². The third kappa shape index (κ3) is 5.92. The van der Waals surface area contributed by atoms with E-state index in [0.717, 1.165) is 13.8 Å². The molecule has 124 valence electrons. The molecule has 0 saturated carbocycles. The van der Waals surface area contributed by atoms with Crippen LogP contribution in [0.5, 0.6) is 0 Å². The first-order valence-electron chi connectivity index (χ1n) is 6.40. The van der Waals surface area contributed by atoms with Gasteiger partial charge in [-0.3, -0.25) is 10.1 Å². The average molecular weight is 386 g/mol. The molecule has 22 heavy (non-hydrogen) atoms. The number of alkyl halides is 4. The molecule has 2 atom stereocenters. The van der Waals surface area contributed by atoms with Crippen molar-refractivity contribution in [3.05, 3.63) is 34.3 Å². The van der Waals surface area contributed by atoms with Crippen molar-refractivity contribution in [1.29, 1.82) is 0 Å². The number of benzene rings is 1. The first-order chi connectivity index (χ1) is 9.90. The second-order valence-electron chi connectivity index (χ2n) is 5.51. The van der Waals surface area contributed by atoms with Crippen molar-refractivity contribution < 1.29 is 27.5 Å². The SMILES string of the molecule is CC(C)(F)CC(NC(c1ccc(Br)cc1)C(F)(F)F)C(=O)O. The van der Waals surface area contributed by atoms with E-state index in [2.05, 4.69) is 15.9 Å². The first-order valence-corrected chi connectivity index (χ1v) is 7.19. The number of halogens is 5. The molecule has 3 nitrogen and oxygen atoms in total. The average Bonchev–Trinajstić information content (AvgIpc) is 2.32. The molecule has 0 spiro atoms. The monoisotopic (exact) mass is 385 g/mol. The summed E-state index contributed by atoms with van der Waals surface area (Å²) in [5.74, 6) is -1.53. The molecule has 0 aliphatic carbocycles. The van der Waals surface area contributed by atoms with Gasteiger partial charge in [0.05, 0.1) is 0 Å². The largest absolute Gasteiger partial charge is 0.480 e. The van der Waals surface area contributed by atoms with Crippen LogP contribution in [0.3, 0.4) is 0 Å². The number of carboxylic acid groups (broad SMARTS) is 1. The van der Waals surface area contributed by atoms with Gasteiger partial charge in [0.2, 0.25) is 0 Å². The van der Waals surface area contributed by atoms with Crippen LogP contribution in [0.25, 0.3) is 0 Å². The topological polar surface area (TPSA) is 49.3 Å². The fourth-order valence-corrected chi connectivity index (χ4v) is 2.20. The Kier molecular flexibility index (Phi) is 5.97. The highest BCUT2D eigenvalue weighted by molar-refractivity contribution is 9.10. The molecular formula is C14H16BrF4NO2. The van der Waals surface area contributed by atoms with E-state index in [-0.39, 0.29) is 5.56 Å². The minimum Gasteiger partial charge on any atom is -0.480 e. The van der Waals surface area contributed by atoms with Gasteiger partial charge in [-0.05, 0) is 31.5 Å². The predicted molar refractivity (Wildman–Crippen MR) is 77.3 cm³/mol. The molecule has 0 bridgehead atoms. The number of carboxylic acids is 1. The van der Waals surface area contributed by atoms with Crippen molar-refractivity contribution in [3.8, 4) is 0 Å². The molecule has 0 aromatic heterocycles. The third-order valence-corrected chi connectivity index (χ3v) is 3.41. The second kappa shape index (κ2) is 6.95. The van der Waals surface area contributed by atoms with Gasteiger partial charge in [0.25, 0.3) is 0 Å². The molecule has 0 heterocycles. The zero-order chi connectivity index (χ0) is 17.1. The number of rotatable bonds is 6. The van der Waals surface area contributed by atoms with Crippen molar-refractivity contribution in [2.45, 2.75) is 44.2 Å². The summed E-state index contributed by atoms with van der Waals surface area (Å²) in [6.45, 7) is 2.24. The standard InChI is InChI=1S/C14H16BrF4NO2/c1-13(2,16)7-10(12(21)22)20-11(14(17,18)19)8-3-5-9(15)6-4-8/h3-6,10-11,20H,7H2,1-2H3,(H,21,22). The summed E-state index contributed by atoms with van der Waals surface area (Å²) < 4.78 is 53.8. The summed E-state index contributed by atoms with van der Waals surface area (Å²) >= 11 is 3.11. The Morgan fingerprint density at radius 1 is 1.23 bits per heavy atom. The van der Waals surface area contributed by atoms with E-state index in [1.807, 2.05) is 5.32 Å². The highest BCUT2D eigenvalue weighted by Gasteiger charge is 2.43. The fraction of sp³-hybridized carbons (Fsp3) is 0.500. The van der Waals surface area contributed by atoms with Crippen LogP contribution in [0.4, 0.5) is 17.6 Å². The van der Waals surface area contributed by atoms with Crippen molar-refractivity contribution >= 4 is 21.9 Å². The summed E-state index contributed by atoms with van der Waals surface area (Å²) in [5.41, 5.74) is -2.05. The zero-order valence-electron chi connectivity index (χ0n) is 11.9. The Morgan fingerprint density at radius 2 is 1.73 bits per heavy atom. The van der Waals surface area contributed by atoms with Crippen molar-refractivity contribution in [2.24, 2.45) is 0 Å². The lowest BCUT2D eigenvalue weighted by molar-refractivity contribution is -0.164. The predicted octanol–water partition coefficient (Wildman–Crippen LogP) is 4.23. The highest BCUT2D eigenvalue weighted by Crippen LogP contribution is 2.34. The van der Waals surface area contributed by atoms with E-state index in [9.17, 15) is 22.4 Å². The lowest BCUT2D eigenvalue weighted by Gasteiger charge is -2.28. The van der Waals surface area contributed by atoms with Crippen LogP contribution in [0, 0.1) is 0 Å². The van der Waals surface area contributed by atoms with Gasteiger partial charge in [-0.1, -0.05) is 28.1 Å². The van der Waals surface area contributed by atoms with Gasteiger partial charge in [-0.25, -0.2) is 4.39 Å². The molecule has 1 aromatic rings. The molecule has 2 unspecified atom stereocenters. The van der Waals surface area contributed by atoms with Crippen molar-refractivity contribution in [3.63, 3.8) is 0 Å². The van der Waals surface area contributed by atoms with Crippen LogP contribution < -0.4 is 5.32 Å². The summed E-state index contributed by atoms with van der Waals surface area (Å²) in [4.78, 5) is 11.1. The number of aliphatic carboxylic acids is 1. The normalized spacial score (nSPS) is 15.4. The Balaban J connectivity index is 3.07. The Hall–Kier alpha value is -1.15. The third-order valence-electron chi connectivity index (χ3n) is 2.89. The first kappa shape index (κ1) is 18.9. The van der Waals surface area contributed by atoms with Crippen LogP contribution in [0.15, 0.2) is 28.7 Å². The van der Waals surface area contributed by atoms with Crippen LogP contribution in [0.2, 0.25) is 0 Å². The molecule has 0 fully saturated rings. The lowest BCUT2D eigenvalue weighted by atomic mass is 9.98. The number of nitrogens with one attached hydrogen (secondary N) is 1. The Labute approximate surface area is 133 Å². The van der Waals surface area contributed by atoms with Gasteiger partial charge >= 0.3 is 12.1 Å². The van der Waals surface area contributed by atoms with Crippen LogP contribution >= 0.6 is 15.9 Å². The molecule has 2 N–H and O–H groups in total. The van der Waals surface area contributed by atoms with E-state index in [1.165, 1.54) is 24.3 Å². The minimum absolute atomic E-state index is 0.140. The quantitative estimate of drug-likeness (QED) is 0.720. The minimum atomic E-state index is -4.71. The smallest absolute Gasteiger partial charge is 0.407 e. The molecule has 0 amide bonds. The van der Waals surface area contributed by atoms with Gasteiger partial charge in [0, 0.05) is 10.9 Å². The second-order valence-corrected chi connectivity index (χ2v) is 6.42. The molecule has 0 aliphatic rings. The molecule has 1 aromatic carbocycles. The summed E-state index contributed by atoms with van der Waals surface area (Å²) in [5, 5.41) is 11.0. The van der Waals surface area contributed by atoms with Gasteiger partial charge in [-0.15, -0.1) is 0 Å². The molecule has 0 radical (unpaired) electrons. The van der Waals surface area contributed by atoms with Crippen LogP contribution in [0.1, 0.15) is 31.9 Å². The van der Waals surface area contributed by atoms with E-state index < -0.39 is 36.3 Å². The lowest BCUT2D eigenvalue weighted by Crippen LogP contribution is -2.47. The number of hydrogen-bond donors (Lipinski definition) is 2. The molecule has 0 saturated heterocycles. The maximum absolute atomic E-state index is 13.6. The maximum atomic E-state index is 13.6. The zero-order valence-corrected chi connectivity index (χ0v) is 13.5. The van der Waals surface area contributed by atoms with Crippen molar-refractivity contribution in [2.75, 3.05) is 0 Å².